The number of nitrogens with zero attached hydrogens (tertiary/aromatic N) is 1. The van der Waals surface area contributed by atoms with Gasteiger partial charge in [0.15, 0.2) is 0 Å². The average molecular weight is 412 g/mol. The topological polar surface area (TPSA) is 59.8 Å². The van der Waals surface area contributed by atoms with Crippen molar-refractivity contribution in [2.24, 2.45) is 0 Å². The molecule has 0 unspecified atom stereocenters. The van der Waals surface area contributed by atoms with Gasteiger partial charge in [-0.15, -0.1) is 0 Å². The van der Waals surface area contributed by atoms with Gasteiger partial charge in [0.1, 0.15) is 11.4 Å². The summed E-state index contributed by atoms with van der Waals surface area (Å²) in [5, 5.41) is 2.81. The summed E-state index contributed by atoms with van der Waals surface area (Å²) in [6.07, 6.45) is 1.80. The van der Waals surface area contributed by atoms with E-state index in [1.54, 1.807) is 10.6 Å². The molecule has 0 saturated heterocycles. The fourth-order valence-corrected chi connectivity index (χ4v) is 3.76. The van der Waals surface area contributed by atoms with Crippen LogP contribution in [0.25, 0.3) is 16.6 Å². The minimum absolute atomic E-state index is 0.337. The number of rotatable bonds is 6. The van der Waals surface area contributed by atoms with E-state index in [0.29, 0.717) is 23.6 Å². The van der Waals surface area contributed by atoms with E-state index in [2.05, 4.69) is 5.32 Å². The van der Waals surface area contributed by atoms with Crippen LogP contribution < -0.4 is 10.1 Å². The normalized spacial score (nSPS) is 10.8. The number of ether oxygens (including phenoxy) is 1. The first-order chi connectivity index (χ1) is 15.0. The van der Waals surface area contributed by atoms with Crippen molar-refractivity contribution in [2.45, 2.75) is 20.8 Å². The first-order valence-electron chi connectivity index (χ1n) is 10.2. The zero-order valence-electron chi connectivity index (χ0n) is 17.8. The van der Waals surface area contributed by atoms with Gasteiger partial charge in [0.25, 0.3) is 11.7 Å². The number of benzene rings is 2. The van der Waals surface area contributed by atoms with Gasteiger partial charge in [0.2, 0.25) is 0 Å². The van der Waals surface area contributed by atoms with E-state index in [0.717, 1.165) is 28.0 Å². The van der Waals surface area contributed by atoms with Gasteiger partial charge >= 0.3 is 0 Å². The number of aryl methyl sites for hydroxylation is 2. The van der Waals surface area contributed by atoms with Crippen LogP contribution in [0, 0.1) is 13.8 Å². The van der Waals surface area contributed by atoms with Crippen LogP contribution in [-0.4, -0.2) is 22.7 Å². The van der Waals surface area contributed by atoms with Gasteiger partial charge in [-0.05, 0) is 67.8 Å². The van der Waals surface area contributed by atoms with Crippen molar-refractivity contribution in [1.82, 2.24) is 4.40 Å². The molecule has 0 spiro atoms. The number of ketones is 1. The summed E-state index contributed by atoms with van der Waals surface area (Å²) in [5.74, 6) is -0.484. The third-order valence-electron chi connectivity index (χ3n) is 5.30. The van der Waals surface area contributed by atoms with Gasteiger partial charge in [-0.25, -0.2) is 0 Å². The zero-order valence-corrected chi connectivity index (χ0v) is 17.8. The second-order valence-electron chi connectivity index (χ2n) is 7.41. The van der Waals surface area contributed by atoms with Crippen LogP contribution >= 0.6 is 0 Å². The van der Waals surface area contributed by atoms with Crippen LogP contribution in [0.2, 0.25) is 0 Å². The maximum absolute atomic E-state index is 13.4. The fourth-order valence-electron chi connectivity index (χ4n) is 3.76. The predicted molar refractivity (Wildman–Crippen MR) is 123 cm³/mol. The Morgan fingerprint density at radius 2 is 1.65 bits per heavy atom. The summed E-state index contributed by atoms with van der Waals surface area (Å²) in [5.41, 5.74) is 5.22. The van der Waals surface area contributed by atoms with E-state index < -0.39 is 11.7 Å². The number of nitrogens with one attached hydrogen (secondary N) is 1. The van der Waals surface area contributed by atoms with Gasteiger partial charge < -0.3 is 14.5 Å². The number of hydrogen-bond donors (Lipinski definition) is 1. The van der Waals surface area contributed by atoms with Crippen molar-refractivity contribution >= 4 is 22.9 Å². The number of anilines is 1. The average Bonchev–Trinajstić information content (AvgIpc) is 3.16. The molecule has 0 aliphatic carbocycles. The van der Waals surface area contributed by atoms with Gasteiger partial charge in [-0.3, -0.25) is 9.59 Å². The van der Waals surface area contributed by atoms with E-state index in [-0.39, 0.29) is 0 Å². The molecular formula is C26H24N2O3. The Bertz CT molecular complexity index is 1250. The van der Waals surface area contributed by atoms with Crippen LogP contribution in [0.15, 0.2) is 72.9 Å². The third-order valence-corrected chi connectivity index (χ3v) is 5.30. The molecule has 0 radical (unpaired) electrons. The maximum atomic E-state index is 13.4. The van der Waals surface area contributed by atoms with Crippen molar-refractivity contribution in [3.05, 3.63) is 89.7 Å². The Kier molecular flexibility index (Phi) is 5.58. The van der Waals surface area contributed by atoms with Gasteiger partial charge in [-0.1, -0.05) is 36.4 Å². The summed E-state index contributed by atoms with van der Waals surface area (Å²) in [7, 11) is 0. The standard InChI is InChI=1S/C26H24N2O3/c1-4-31-21-13-11-19(12-14-21)22-16-20-10-5-6-15-28(20)24(22)25(29)26(30)27-23-17(2)8-7-9-18(23)3/h5-16H,4H2,1-3H3,(H,27,30). The molecule has 156 valence electrons. The first kappa shape index (κ1) is 20.4. The molecule has 0 aliphatic rings. The summed E-state index contributed by atoms with van der Waals surface area (Å²) in [4.78, 5) is 26.3. The van der Waals surface area contributed by atoms with Crippen LogP contribution in [0.4, 0.5) is 5.69 Å². The molecule has 4 rings (SSSR count). The molecule has 5 nitrogen and oxygen atoms in total. The monoisotopic (exact) mass is 412 g/mol. The third kappa shape index (κ3) is 3.94. The highest BCUT2D eigenvalue weighted by Gasteiger charge is 2.25. The van der Waals surface area contributed by atoms with Crippen molar-refractivity contribution in [3.63, 3.8) is 0 Å². The van der Waals surface area contributed by atoms with E-state index in [1.807, 2.05) is 87.5 Å². The lowest BCUT2D eigenvalue weighted by molar-refractivity contribution is -0.112. The smallest absolute Gasteiger partial charge is 0.298 e. The molecule has 0 aliphatic heterocycles. The summed E-state index contributed by atoms with van der Waals surface area (Å²) in [6.45, 7) is 6.33. The summed E-state index contributed by atoms with van der Waals surface area (Å²) in [6, 6.07) is 20.9. The second kappa shape index (κ2) is 8.48. The van der Waals surface area contributed by atoms with Gasteiger partial charge in [0.05, 0.1) is 6.61 Å². The summed E-state index contributed by atoms with van der Waals surface area (Å²) < 4.78 is 7.29. The largest absolute Gasteiger partial charge is 0.494 e. The lowest BCUT2D eigenvalue weighted by Crippen LogP contribution is -2.25. The van der Waals surface area contributed by atoms with E-state index >= 15 is 0 Å². The molecule has 1 amide bonds. The van der Waals surface area contributed by atoms with E-state index in [4.69, 9.17) is 4.74 Å². The molecule has 0 fully saturated rings. The van der Waals surface area contributed by atoms with E-state index in [9.17, 15) is 9.59 Å². The number of para-hydroxylation sites is 1. The molecule has 5 heteroatoms. The molecule has 0 saturated carbocycles. The predicted octanol–water partition coefficient (Wildman–Crippen LogP) is 5.44. The fraction of sp³-hybridized carbons (Fsp3) is 0.154. The Hall–Kier alpha value is -3.86. The second-order valence-corrected chi connectivity index (χ2v) is 7.41. The number of aromatic nitrogens is 1. The van der Waals surface area contributed by atoms with Crippen LogP contribution in [0.3, 0.4) is 0 Å². The Morgan fingerprint density at radius 3 is 2.32 bits per heavy atom. The quantitative estimate of drug-likeness (QED) is 0.339. The Labute approximate surface area is 181 Å². The van der Waals surface area contributed by atoms with Crippen molar-refractivity contribution < 1.29 is 14.3 Å². The lowest BCUT2D eigenvalue weighted by Gasteiger charge is -2.12. The molecule has 4 aromatic rings. The number of carbonyl (C=O) groups is 2. The highest BCUT2D eigenvalue weighted by atomic mass is 16.5. The lowest BCUT2D eigenvalue weighted by atomic mass is 10.0. The Morgan fingerprint density at radius 1 is 0.935 bits per heavy atom. The molecule has 2 heterocycles. The molecule has 1 N–H and O–H groups in total. The van der Waals surface area contributed by atoms with E-state index in [1.165, 1.54) is 0 Å². The SMILES string of the molecule is CCOc1ccc(-c2cc3ccccn3c2C(=O)C(=O)Nc2c(C)cccc2C)cc1. The number of amides is 1. The minimum atomic E-state index is -0.659. The zero-order chi connectivity index (χ0) is 22.0. The highest BCUT2D eigenvalue weighted by Crippen LogP contribution is 2.30. The van der Waals surface area contributed by atoms with Gasteiger partial charge in [0, 0.05) is 23.0 Å². The van der Waals surface area contributed by atoms with Crippen molar-refractivity contribution in [1.29, 1.82) is 0 Å². The molecule has 0 bridgehead atoms. The molecule has 0 atom stereocenters. The first-order valence-corrected chi connectivity index (χ1v) is 10.2. The molecule has 2 aromatic heterocycles. The van der Waals surface area contributed by atoms with Crippen LogP contribution in [-0.2, 0) is 4.79 Å². The molecule has 31 heavy (non-hydrogen) atoms. The molecular weight excluding hydrogens is 388 g/mol. The number of Topliss-reactive ketones (excluding diaryl/α,β-unsaturated/α-hetero) is 1. The number of hydrogen-bond acceptors (Lipinski definition) is 3. The summed E-state index contributed by atoms with van der Waals surface area (Å²) >= 11 is 0. The number of carbonyl (C=O) groups excluding carboxylic acids is 2. The Balaban J connectivity index is 1.76. The van der Waals surface area contributed by atoms with Crippen molar-refractivity contribution in [3.8, 4) is 16.9 Å². The minimum Gasteiger partial charge on any atom is -0.494 e. The van der Waals surface area contributed by atoms with Gasteiger partial charge in [-0.2, -0.15) is 0 Å². The maximum Gasteiger partial charge on any atom is 0.298 e. The van der Waals surface area contributed by atoms with Crippen molar-refractivity contribution in [2.75, 3.05) is 11.9 Å². The van der Waals surface area contributed by atoms with Crippen LogP contribution in [0.5, 0.6) is 5.75 Å². The highest BCUT2D eigenvalue weighted by molar-refractivity contribution is 6.47. The molecule has 2 aromatic carbocycles. The number of fused-ring (bicyclic) bond motifs is 1. The number of pyridine rings is 1. The van der Waals surface area contributed by atoms with Crippen LogP contribution in [0.1, 0.15) is 28.5 Å².